The minimum Gasteiger partial charge on any atom is -0.352 e. The highest BCUT2D eigenvalue weighted by Crippen LogP contribution is 2.08. The second-order valence-corrected chi connectivity index (χ2v) is 7.07. The molecular formula is C20H32N4O4. The van der Waals surface area contributed by atoms with Crippen molar-refractivity contribution >= 4 is 23.6 Å². The quantitative estimate of drug-likeness (QED) is 0.289. The third-order valence-corrected chi connectivity index (χ3v) is 4.45. The van der Waals surface area contributed by atoms with Gasteiger partial charge in [0.2, 0.25) is 11.8 Å². The molecule has 8 heteroatoms. The van der Waals surface area contributed by atoms with Gasteiger partial charge < -0.3 is 20.4 Å². The van der Waals surface area contributed by atoms with Gasteiger partial charge in [-0.05, 0) is 39.5 Å². The molecule has 1 heterocycles. The fourth-order valence-electron chi connectivity index (χ4n) is 2.70. The summed E-state index contributed by atoms with van der Waals surface area (Å²) in [6.45, 7) is 13.5. The van der Waals surface area contributed by atoms with Crippen LogP contribution in [0.25, 0.3) is 0 Å². The third-order valence-electron chi connectivity index (χ3n) is 4.45. The first-order valence-corrected chi connectivity index (χ1v) is 9.69. The number of nitrogens with one attached hydrogen (secondary N) is 2. The second-order valence-electron chi connectivity index (χ2n) is 7.07. The van der Waals surface area contributed by atoms with Crippen molar-refractivity contribution in [2.75, 3.05) is 39.3 Å². The SMILES string of the molecule is C=C(C)C(=O)NCCCCN1CCN(CCCCNC(=O)C(=C)C)C(=O)C1=O. The van der Waals surface area contributed by atoms with Gasteiger partial charge in [-0.25, -0.2) is 0 Å². The maximum Gasteiger partial charge on any atom is 0.312 e. The molecule has 4 amide bonds. The normalized spacial score (nSPS) is 14.1. The number of hydrogen-bond donors (Lipinski definition) is 2. The van der Waals surface area contributed by atoms with Gasteiger partial charge in [0.15, 0.2) is 0 Å². The van der Waals surface area contributed by atoms with E-state index < -0.39 is 11.8 Å². The summed E-state index contributed by atoms with van der Waals surface area (Å²) < 4.78 is 0. The molecule has 0 unspecified atom stereocenters. The Morgan fingerprint density at radius 1 is 0.786 bits per heavy atom. The Morgan fingerprint density at radius 2 is 1.14 bits per heavy atom. The minimum atomic E-state index is -0.465. The zero-order valence-electron chi connectivity index (χ0n) is 17.0. The number of rotatable bonds is 12. The van der Waals surface area contributed by atoms with Gasteiger partial charge in [0.1, 0.15) is 0 Å². The smallest absolute Gasteiger partial charge is 0.312 e. The molecule has 28 heavy (non-hydrogen) atoms. The van der Waals surface area contributed by atoms with Crippen LogP contribution in [0.2, 0.25) is 0 Å². The van der Waals surface area contributed by atoms with E-state index in [4.69, 9.17) is 0 Å². The predicted octanol–water partition coefficient (Wildman–Crippen LogP) is 0.602. The zero-order chi connectivity index (χ0) is 21.1. The van der Waals surface area contributed by atoms with Crippen LogP contribution in [0.3, 0.4) is 0 Å². The molecule has 0 aromatic carbocycles. The summed E-state index contributed by atoms with van der Waals surface area (Å²) in [7, 11) is 0. The molecule has 0 aromatic heterocycles. The zero-order valence-corrected chi connectivity index (χ0v) is 17.0. The summed E-state index contributed by atoms with van der Waals surface area (Å²) in [6.07, 6.45) is 2.91. The van der Waals surface area contributed by atoms with Crippen LogP contribution in [0, 0.1) is 0 Å². The Hall–Kier alpha value is -2.64. The highest BCUT2D eigenvalue weighted by molar-refractivity contribution is 6.35. The Balaban J connectivity index is 2.21. The van der Waals surface area contributed by atoms with Crippen molar-refractivity contribution in [3.05, 3.63) is 24.3 Å². The molecule has 0 bridgehead atoms. The van der Waals surface area contributed by atoms with E-state index in [1.807, 2.05) is 0 Å². The Kier molecular flexibility index (Phi) is 9.98. The molecule has 1 saturated heterocycles. The summed E-state index contributed by atoms with van der Waals surface area (Å²) >= 11 is 0. The Bertz CT molecular complexity index is 576. The van der Waals surface area contributed by atoms with Crippen LogP contribution in [-0.4, -0.2) is 72.7 Å². The minimum absolute atomic E-state index is 0.168. The average Bonchev–Trinajstić information content (AvgIpc) is 2.65. The van der Waals surface area contributed by atoms with E-state index in [1.54, 1.807) is 23.6 Å². The molecule has 1 aliphatic heterocycles. The summed E-state index contributed by atoms with van der Waals surface area (Å²) in [5, 5.41) is 5.49. The molecule has 2 N–H and O–H groups in total. The topological polar surface area (TPSA) is 98.8 Å². The van der Waals surface area contributed by atoms with E-state index in [2.05, 4.69) is 23.8 Å². The first-order chi connectivity index (χ1) is 13.2. The van der Waals surface area contributed by atoms with Crippen molar-refractivity contribution in [2.45, 2.75) is 39.5 Å². The summed E-state index contributed by atoms with van der Waals surface area (Å²) in [5.41, 5.74) is 0.935. The number of amides is 4. The van der Waals surface area contributed by atoms with Crippen molar-refractivity contribution in [1.82, 2.24) is 20.4 Å². The fraction of sp³-hybridized carbons (Fsp3) is 0.600. The summed E-state index contributed by atoms with van der Waals surface area (Å²) in [6, 6.07) is 0. The third kappa shape index (κ3) is 7.94. The van der Waals surface area contributed by atoms with Crippen LogP contribution in [0.5, 0.6) is 0 Å². The number of nitrogens with zero attached hydrogens (tertiary/aromatic N) is 2. The maximum absolute atomic E-state index is 12.2. The number of hydrogen-bond acceptors (Lipinski definition) is 4. The van der Waals surface area contributed by atoms with Crippen molar-refractivity contribution in [3.63, 3.8) is 0 Å². The van der Waals surface area contributed by atoms with E-state index in [0.29, 0.717) is 50.4 Å². The Labute approximate surface area is 167 Å². The van der Waals surface area contributed by atoms with Crippen LogP contribution in [0.4, 0.5) is 0 Å². The molecule has 0 saturated carbocycles. The number of carbonyl (C=O) groups is 4. The lowest BCUT2D eigenvalue weighted by Crippen LogP contribution is -2.54. The van der Waals surface area contributed by atoms with Gasteiger partial charge in [0.25, 0.3) is 0 Å². The number of piperazine rings is 1. The standard InChI is InChI=1S/C20H32N4O4/c1-15(2)17(25)21-9-5-7-11-23-13-14-24(20(28)19(23)27)12-8-6-10-22-18(26)16(3)4/h1,3,5-14H2,2,4H3,(H,21,25)(H,22,26). The predicted molar refractivity (Wildman–Crippen MR) is 107 cm³/mol. The molecule has 0 aliphatic carbocycles. The lowest BCUT2D eigenvalue weighted by molar-refractivity contribution is -0.156. The van der Waals surface area contributed by atoms with Crippen LogP contribution in [-0.2, 0) is 19.2 Å². The summed E-state index contributed by atoms with van der Waals surface area (Å²) in [4.78, 5) is 50.4. The van der Waals surface area contributed by atoms with E-state index in [0.717, 1.165) is 25.7 Å². The van der Waals surface area contributed by atoms with Crippen LogP contribution < -0.4 is 10.6 Å². The van der Waals surface area contributed by atoms with E-state index >= 15 is 0 Å². The van der Waals surface area contributed by atoms with E-state index in [1.165, 1.54) is 0 Å². The molecule has 0 atom stereocenters. The van der Waals surface area contributed by atoms with Crippen LogP contribution in [0.1, 0.15) is 39.5 Å². The average molecular weight is 393 g/mol. The number of carbonyl (C=O) groups excluding carboxylic acids is 4. The lowest BCUT2D eigenvalue weighted by atomic mass is 10.2. The highest BCUT2D eigenvalue weighted by Gasteiger charge is 2.31. The van der Waals surface area contributed by atoms with E-state index in [9.17, 15) is 19.2 Å². The first kappa shape index (κ1) is 23.4. The molecule has 1 aliphatic rings. The van der Waals surface area contributed by atoms with Crippen molar-refractivity contribution < 1.29 is 19.2 Å². The molecule has 0 aromatic rings. The van der Waals surface area contributed by atoms with Gasteiger partial charge in [-0.15, -0.1) is 0 Å². The molecule has 8 nitrogen and oxygen atoms in total. The van der Waals surface area contributed by atoms with Crippen molar-refractivity contribution in [1.29, 1.82) is 0 Å². The highest BCUT2D eigenvalue weighted by atomic mass is 16.2. The Morgan fingerprint density at radius 3 is 1.46 bits per heavy atom. The van der Waals surface area contributed by atoms with Gasteiger partial charge in [-0.3, -0.25) is 19.2 Å². The van der Waals surface area contributed by atoms with Crippen molar-refractivity contribution in [3.8, 4) is 0 Å². The molecule has 156 valence electrons. The molecule has 0 spiro atoms. The van der Waals surface area contributed by atoms with Crippen molar-refractivity contribution in [2.24, 2.45) is 0 Å². The van der Waals surface area contributed by atoms with Gasteiger partial charge in [0.05, 0.1) is 0 Å². The van der Waals surface area contributed by atoms with Gasteiger partial charge in [-0.1, -0.05) is 13.2 Å². The first-order valence-electron chi connectivity index (χ1n) is 9.69. The molecule has 1 fully saturated rings. The molecule has 0 radical (unpaired) electrons. The monoisotopic (exact) mass is 392 g/mol. The van der Waals surface area contributed by atoms with Gasteiger partial charge in [0, 0.05) is 50.4 Å². The van der Waals surface area contributed by atoms with Crippen LogP contribution >= 0.6 is 0 Å². The van der Waals surface area contributed by atoms with Gasteiger partial charge in [-0.2, -0.15) is 0 Å². The number of unbranched alkanes of at least 4 members (excludes halogenated alkanes) is 2. The molecule has 1 rings (SSSR count). The largest absolute Gasteiger partial charge is 0.352 e. The lowest BCUT2D eigenvalue weighted by Gasteiger charge is -2.33. The second kappa shape index (κ2) is 11.9. The maximum atomic E-state index is 12.2. The van der Waals surface area contributed by atoms with Crippen LogP contribution in [0.15, 0.2) is 24.3 Å². The fourth-order valence-corrected chi connectivity index (χ4v) is 2.70. The van der Waals surface area contributed by atoms with Gasteiger partial charge >= 0.3 is 11.8 Å². The summed E-state index contributed by atoms with van der Waals surface area (Å²) in [5.74, 6) is -1.27. The molecular weight excluding hydrogens is 360 g/mol. The van der Waals surface area contributed by atoms with E-state index in [-0.39, 0.29) is 11.8 Å².